The van der Waals surface area contributed by atoms with Crippen LogP contribution < -0.4 is 0 Å². The Morgan fingerprint density at radius 2 is 2.15 bits per heavy atom. The van der Waals surface area contributed by atoms with Crippen LogP contribution in [0.1, 0.15) is 21.7 Å². The van der Waals surface area contributed by atoms with Gasteiger partial charge in [-0.15, -0.1) is 0 Å². The van der Waals surface area contributed by atoms with Crippen LogP contribution in [0.25, 0.3) is 0 Å². The fourth-order valence-corrected chi connectivity index (χ4v) is 2.53. The molecule has 2 aliphatic rings. The summed E-state index contributed by atoms with van der Waals surface area (Å²) < 4.78 is 15.8. The van der Waals surface area contributed by atoms with Crippen LogP contribution in [-0.4, -0.2) is 54.3 Å². The number of nitrogens with zero attached hydrogens (tertiary/aromatic N) is 1. The highest BCUT2D eigenvalue weighted by atomic mass is 16.5. The highest BCUT2D eigenvalue weighted by Gasteiger charge is 2.36. The second-order valence-electron chi connectivity index (χ2n) is 4.80. The second kappa shape index (κ2) is 5.26. The van der Waals surface area contributed by atoms with Crippen molar-refractivity contribution in [2.75, 3.05) is 26.4 Å². The predicted octanol–water partition coefficient (Wildman–Crippen LogP) is 0.278. The molecule has 1 fully saturated rings. The van der Waals surface area contributed by atoms with E-state index in [1.165, 1.54) is 11.2 Å². The number of carbonyl (C=O) groups is 2. The number of furan rings is 1. The summed E-state index contributed by atoms with van der Waals surface area (Å²) in [6.07, 6.45) is 2.12. The third-order valence-corrected chi connectivity index (χ3v) is 3.60. The van der Waals surface area contributed by atoms with Crippen molar-refractivity contribution in [3.8, 4) is 0 Å². The van der Waals surface area contributed by atoms with Gasteiger partial charge in [0.05, 0.1) is 32.7 Å². The highest BCUT2D eigenvalue weighted by Crippen LogP contribution is 2.25. The smallest absolute Gasteiger partial charge is 0.328 e. The number of carbonyl (C=O) groups excluding carboxylic acids is 1. The first-order chi connectivity index (χ1) is 9.68. The number of carboxylic acids is 1. The zero-order chi connectivity index (χ0) is 14.1. The molecule has 0 spiro atoms. The molecular formula is C13H15NO6. The number of carboxylic acid groups (broad SMARTS) is 1. The number of fused-ring (bicyclic) bond motifs is 1. The molecule has 7 heteroatoms. The average molecular weight is 281 g/mol. The second-order valence-corrected chi connectivity index (χ2v) is 4.80. The quantitative estimate of drug-likeness (QED) is 0.837. The van der Waals surface area contributed by atoms with Gasteiger partial charge < -0.3 is 23.9 Å². The van der Waals surface area contributed by atoms with Crippen LogP contribution in [0.15, 0.2) is 10.7 Å². The molecular weight excluding hydrogens is 266 g/mol. The Hall–Kier alpha value is -1.86. The lowest BCUT2D eigenvalue weighted by atomic mass is 10.0. The molecule has 1 aromatic rings. The maximum atomic E-state index is 12.5. The Bertz CT molecular complexity index is 537. The van der Waals surface area contributed by atoms with Crippen molar-refractivity contribution in [2.45, 2.75) is 19.1 Å². The van der Waals surface area contributed by atoms with Gasteiger partial charge in [0.15, 0.2) is 11.8 Å². The molecule has 1 unspecified atom stereocenters. The van der Waals surface area contributed by atoms with E-state index in [2.05, 4.69) is 0 Å². The fraction of sp³-hybridized carbons (Fsp3) is 0.538. The molecule has 1 atom stereocenters. The summed E-state index contributed by atoms with van der Waals surface area (Å²) in [4.78, 5) is 25.0. The standard InChI is InChI=1S/C13H15NO6/c15-12(14-2-4-19-7-10(14)13(16)17)11-9-1-3-18-5-8(9)6-20-11/h6,10H,1-5,7H2,(H,16,17). The van der Waals surface area contributed by atoms with Crippen molar-refractivity contribution in [3.63, 3.8) is 0 Å². The molecule has 0 radical (unpaired) electrons. The zero-order valence-corrected chi connectivity index (χ0v) is 10.8. The Labute approximate surface area is 115 Å². The summed E-state index contributed by atoms with van der Waals surface area (Å²) >= 11 is 0. The van der Waals surface area contributed by atoms with Crippen LogP contribution in [0.4, 0.5) is 0 Å². The SMILES string of the molecule is O=C(O)C1COCCN1C(=O)c1occ2c1CCOC2. The number of ether oxygens (including phenoxy) is 2. The van der Waals surface area contributed by atoms with Gasteiger partial charge in [-0.05, 0) is 0 Å². The summed E-state index contributed by atoms with van der Waals surface area (Å²) in [6.45, 7) is 1.56. The van der Waals surface area contributed by atoms with E-state index < -0.39 is 12.0 Å². The predicted molar refractivity (Wildman–Crippen MR) is 65.3 cm³/mol. The first kappa shape index (κ1) is 13.1. The Balaban J connectivity index is 1.87. The number of aliphatic carboxylic acids is 1. The third kappa shape index (κ3) is 2.19. The molecule has 20 heavy (non-hydrogen) atoms. The van der Waals surface area contributed by atoms with Crippen molar-refractivity contribution in [1.82, 2.24) is 4.90 Å². The number of morpholine rings is 1. The molecule has 1 N–H and O–H groups in total. The molecule has 3 heterocycles. The largest absolute Gasteiger partial charge is 0.480 e. The summed E-state index contributed by atoms with van der Waals surface area (Å²) in [6, 6.07) is -0.961. The third-order valence-electron chi connectivity index (χ3n) is 3.60. The van der Waals surface area contributed by atoms with E-state index >= 15 is 0 Å². The van der Waals surface area contributed by atoms with Crippen LogP contribution >= 0.6 is 0 Å². The molecule has 2 aliphatic heterocycles. The highest BCUT2D eigenvalue weighted by molar-refractivity contribution is 5.96. The minimum absolute atomic E-state index is 0.00703. The van der Waals surface area contributed by atoms with Gasteiger partial charge in [-0.25, -0.2) is 4.79 Å². The van der Waals surface area contributed by atoms with Crippen LogP contribution in [0, 0.1) is 0 Å². The van der Waals surface area contributed by atoms with Crippen molar-refractivity contribution in [1.29, 1.82) is 0 Å². The summed E-state index contributed by atoms with van der Waals surface area (Å²) in [7, 11) is 0. The number of rotatable bonds is 2. The zero-order valence-electron chi connectivity index (χ0n) is 10.8. The van der Waals surface area contributed by atoms with E-state index in [1.54, 1.807) is 0 Å². The van der Waals surface area contributed by atoms with Gasteiger partial charge in [-0.1, -0.05) is 0 Å². The number of amides is 1. The molecule has 1 saturated heterocycles. The monoisotopic (exact) mass is 281 g/mol. The molecule has 1 aromatic heterocycles. The maximum Gasteiger partial charge on any atom is 0.328 e. The van der Waals surface area contributed by atoms with Gasteiger partial charge in [-0.2, -0.15) is 0 Å². The molecule has 108 valence electrons. The molecule has 3 rings (SSSR count). The first-order valence-electron chi connectivity index (χ1n) is 6.47. The van der Waals surface area contributed by atoms with E-state index in [0.29, 0.717) is 26.2 Å². The molecule has 7 nitrogen and oxygen atoms in total. The lowest BCUT2D eigenvalue weighted by Crippen LogP contribution is -2.52. The van der Waals surface area contributed by atoms with E-state index in [1.807, 2.05) is 0 Å². The normalized spacial score (nSPS) is 22.4. The van der Waals surface area contributed by atoms with Crippen molar-refractivity contribution in [3.05, 3.63) is 23.2 Å². The van der Waals surface area contributed by atoms with E-state index in [4.69, 9.17) is 19.0 Å². The minimum atomic E-state index is -1.07. The van der Waals surface area contributed by atoms with E-state index in [0.717, 1.165) is 11.1 Å². The molecule has 0 bridgehead atoms. The van der Waals surface area contributed by atoms with Crippen molar-refractivity contribution in [2.24, 2.45) is 0 Å². The van der Waals surface area contributed by atoms with Gasteiger partial charge in [-0.3, -0.25) is 4.79 Å². The van der Waals surface area contributed by atoms with Crippen LogP contribution in [0.5, 0.6) is 0 Å². The van der Waals surface area contributed by atoms with Crippen LogP contribution in [-0.2, 0) is 27.3 Å². The van der Waals surface area contributed by atoms with Crippen molar-refractivity contribution >= 4 is 11.9 Å². The van der Waals surface area contributed by atoms with Crippen LogP contribution in [0.3, 0.4) is 0 Å². The first-order valence-corrected chi connectivity index (χ1v) is 6.47. The van der Waals surface area contributed by atoms with E-state index in [9.17, 15) is 9.59 Å². The Morgan fingerprint density at radius 3 is 2.95 bits per heavy atom. The van der Waals surface area contributed by atoms with Gasteiger partial charge in [0.25, 0.3) is 5.91 Å². The molecule has 0 aromatic carbocycles. The molecule has 0 saturated carbocycles. The Kier molecular flexibility index (Phi) is 3.45. The number of hydrogen-bond donors (Lipinski definition) is 1. The van der Waals surface area contributed by atoms with E-state index in [-0.39, 0.29) is 24.8 Å². The summed E-state index contributed by atoms with van der Waals surface area (Å²) in [5.41, 5.74) is 1.69. The summed E-state index contributed by atoms with van der Waals surface area (Å²) in [5.74, 6) is -1.22. The topological polar surface area (TPSA) is 89.2 Å². The number of hydrogen-bond acceptors (Lipinski definition) is 5. The van der Waals surface area contributed by atoms with Gasteiger partial charge in [0, 0.05) is 24.1 Å². The average Bonchev–Trinajstić information content (AvgIpc) is 2.90. The maximum absolute atomic E-state index is 12.5. The molecule has 0 aliphatic carbocycles. The summed E-state index contributed by atoms with van der Waals surface area (Å²) in [5, 5.41) is 9.17. The van der Waals surface area contributed by atoms with Gasteiger partial charge >= 0.3 is 5.97 Å². The van der Waals surface area contributed by atoms with Gasteiger partial charge in [0.1, 0.15) is 0 Å². The van der Waals surface area contributed by atoms with Crippen LogP contribution in [0.2, 0.25) is 0 Å². The fourth-order valence-electron chi connectivity index (χ4n) is 2.53. The van der Waals surface area contributed by atoms with Crippen molar-refractivity contribution < 1.29 is 28.6 Å². The molecule has 1 amide bonds. The van der Waals surface area contributed by atoms with Gasteiger partial charge in [0.2, 0.25) is 0 Å². The lowest BCUT2D eigenvalue weighted by molar-refractivity contribution is -0.147. The Morgan fingerprint density at radius 1 is 1.30 bits per heavy atom. The lowest BCUT2D eigenvalue weighted by Gasteiger charge is -2.32. The minimum Gasteiger partial charge on any atom is -0.480 e.